The van der Waals surface area contributed by atoms with Crippen molar-refractivity contribution in [2.45, 2.75) is 19.5 Å². The molecule has 0 amide bonds. The molecule has 1 fully saturated rings. The number of imidazole rings is 1. The van der Waals surface area contributed by atoms with Crippen molar-refractivity contribution in [3.8, 4) is 11.4 Å². The van der Waals surface area contributed by atoms with Gasteiger partial charge in [0.2, 0.25) is 5.95 Å². The minimum atomic E-state index is -0.627. The molecule has 1 unspecified atom stereocenters. The van der Waals surface area contributed by atoms with Crippen LogP contribution in [0.4, 0.5) is 14.7 Å². The van der Waals surface area contributed by atoms with Crippen LogP contribution in [0.1, 0.15) is 12.0 Å². The number of halogens is 4. The Kier molecular flexibility index (Phi) is 6.14. The number of benzene rings is 2. The van der Waals surface area contributed by atoms with Gasteiger partial charge in [0, 0.05) is 18.7 Å². The fourth-order valence-electron chi connectivity index (χ4n) is 4.08. The molecule has 0 bridgehead atoms. The molecule has 10 heteroatoms. The summed E-state index contributed by atoms with van der Waals surface area (Å²) in [5.41, 5.74) is 1.73. The summed E-state index contributed by atoms with van der Waals surface area (Å²) >= 11 is 13.0. The maximum Gasteiger partial charge on any atom is 0.225 e. The molecule has 1 aliphatic heterocycles. The number of fused-ring (bicyclic) bond motifs is 1. The molecule has 0 aliphatic carbocycles. The first-order chi connectivity index (χ1) is 16.0. The van der Waals surface area contributed by atoms with Crippen LogP contribution in [0.25, 0.3) is 22.6 Å². The van der Waals surface area contributed by atoms with Gasteiger partial charge in [-0.3, -0.25) is 0 Å². The van der Waals surface area contributed by atoms with Gasteiger partial charge in [-0.05, 0) is 49.7 Å². The third kappa shape index (κ3) is 4.38. The van der Waals surface area contributed by atoms with Gasteiger partial charge in [-0.1, -0.05) is 35.3 Å². The van der Waals surface area contributed by atoms with Crippen molar-refractivity contribution in [1.82, 2.24) is 24.8 Å². The summed E-state index contributed by atoms with van der Waals surface area (Å²) in [5, 5.41) is 7.27. The standard InChI is InChI=1S/C23H20Cl2F2N6/c24-15-3-1-4-16(25)20(15)22-31-19-11-30-23(29-10-14-17(26)5-2-6-18(14)27)32-21(19)33(22)12-13-7-8-28-9-13/h1-6,11,13,28H,7-10,12H2,(H,29,30,32). The maximum absolute atomic E-state index is 14.0. The SMILES string of the molecule is Fc1cccc(F)c1CNc1ncc2nc(-c3c(Cl)cccc3Cl)n(CC3CCNC3)c2n1. The van der Waals surface area contributed by atoms with Crippen LogP contribution in [-0.4, -0.2) is 32.6 Å². The summed E-state index contributed by atoms with van der Waals surface area (Å²) in [6.07, 6.45) is 2.61. The molecular formula is C23H20Cl2F2N6. The minimum Gasteiger partial charge on any atom is -0.350 e. The van der Waals surface area contributed by atoms with Crippen LogP contribution in [0.3, 0.4) is 0 Å². The zero-order chi connectivity index (χ0) is 22.9. The third-order valence-corrected chi connectivity index (χ3v) is 6.39. The van der Waals surface area contributed by atoms with Crippen molar-refractivity contribution in [1.29, 1.82) is 0 Å². The van der Waals surface area contributed by atoms with Crippen LogP contribution in [-0.2, 0) is 13.1 Å². The van der Waals surface area contributed by atoms with Crippen LogP contribution in [0.2, 0.25) is 10.0 Å². The summed E-state index contributed by atoms with van der Waals surface area (Å²) in [7, 11) is 0. The summed E-state index contributed by atoms with van der Waals surface area (Å²) < 4.78 is 30.0. The molecular weight excluding hydrogens is 469 g/mol. The number of nitrogens with one attached hydrogen (secondary N) is 2. The molecule has 1 aliphatic rings. The molecule has 1 atom stereocenters. The monoisotopic (exact) mass is 488 g/mol. The Hall–Kier alpha value is -2.81. The average molecular weight is 489 g/mol. The van der Waals surface area contributed by atoms with Crippen molar-refractivity contribution in [2.24, 2.45) is 5.92 Å². The third-order valence-electron chi connectivity index (χ3n) is 5.76. The van der Waals surface area contributed by atoms with E-state index in [4.69, 9.17) is 28.2 Å². The molecule has 6 nitrogen and oxygen atoms in total. The topological polar surface area (TPSA) is 67.7 Å². The number of aromatic nitrogens is 4. The largest absolute Gasteiger partial charge is 0.350 e. The molecule has 0 radical (unpaired) electrons. The Morgan fingerprint density at radius 1 is 1.06 bits per heavy atom. The van der Waals surface area contributed by atoms with Gasteiger partial charge in [0.25, 0.3) is 0 Å². The van der Waals surface area contributed by atoms with E-state index in [1.807, 2.05) is 4.57 Å². The van der Waals surface area contributed by atoms with Crippen LogP contribution < -0.4 is 10.6 Å². The van der Waals surface area contributed by atoms with Crippen molar-refractivity contribution in [2.75, 3.05) is 18.4 Å². The summed E-state index contributed by atoms with van der Waals surface area (Å²) in [5.74, 6) is -0.0101. The molecule has 2 aromatic heterocycles. The fourth-order valence-corrected chi connectivity index (χ4v) is 4.64. The molecule has 2 aromatic carbocycles. The highest BCUT2D eigenvalue weighted by Crippen LogP contribution is 2.36. The van der Waals surface area contributed by atoms with Crippen molar-refractivity contribution >= 4 is 40.3 Å². The lowest BCUT2D eigenvalue weighted by Crippen LogP contribution is -2.16. The molecule has 0 saturated carbocycles. The molecule has 0 spiro atoms. The minimum absolute atomic E-state index is 0.0738. The van der Waals surface area contributed by atoms with Gasteiger partial charge >= 0.3 is 0 Å². The van der Waals surface area contributed by atoms with Gasteiger partial charge in [0.1, 0.15) is 23.0 Å². The van der Waals surface area contributed by atoms with Gasteiger partial charge in [-0.15, -0.1) is 0 Å². The number of hydrogen-bond acceptors (Lipinski definition) is 5. The van der Waals surface area contributed by atoms with Gasteiger partial charge in [-0.2, -0.15) is 4.98 Å². The van der Waals surface area contributed by atoms with Crippen molar-refractivity contribution in [3.63, 3.8) is 0 Å². The summed E-state index contributed by atoms with van der Waals surface area (Å²) in [6, 6.07) is 9.08. The Labute approximate surface area is 199 Å². The number of anilines is 1. The van der Waals surface area contributed by atoms with Crippen LogP contribution in [0.15, 0.2) is 42.6 Å². The Morgan fingerprint density at radius 3 is 2.48 bits per heavy atom. The smallest absolute Gasteiger partial charge is 0.225 e. The van der Waals surface area contributed by atoms with Crippen molar-refractivity contribution < 1.29 is 8.78 Å². The number of nitrogens with zero attached hydrogens (tertiary/aromatic N) is 4. The highest BCUT2D eigenvalue weighted by Gasteiger charge is 2.23. The maximum atomic E-state index is 14.0. The molecule has 3 heterocycles. The first-order valence-electron chi connectivity index (χ1n) is 10.6. The second-order valence-electron chi connectivity index (χ2n) is 7.96. The van der Waals surface area contributed by atoms with Gasteiger partial charge in [0.05, 0.1) is 21.8 Å². The predicted molar refractivity (Wildman–Crippen MR) is 125 cm³/mol. The van der Waals surface area contributed by atoms with E-state index in [1.54, 1.807) is 24.4 Å². The van der Waals surface area contributed by atoms with E-state index < -0.39 is 11.6 Å². The van der Waals surface area contributed by atoms with E-state index >= 15 is 0 Å². The lowest BCUT2D eigenvalue weighted by Gasteiger charge is -2.15. The van der Waals surface area contributed by atoms with E-state index in [0.29, 0.717) is 45.1 Å². The second kappa shape index (κ2) is 9.21. The van der Waals surface area contributed by atoms with Crippen LogP contribution in [0, 0.1) is 17.6 Å². The highest BCUT2D eigenvalue weighted by atomic mass is 35.5. The lowest BCUT2D eigenvalue weighted by molar-refractivity contribution is 0.490. The number of hydrogen-bond donors (Lipinski definition) is 2. The summed E-state index contributed by atoms with van der Waals surface area (Å²) in [4.78, 5) is 13.6. The van der Waals surface area contributed by atoms with E-state index in [-0.39, 0.29) is 18.1 Å². The average Bonchev–Trinajstić information content (AvgIpc) is 3.42. The molecule has 33 heavy (non-hydrogen) atoms. The Bertz CT molecular complexity index is 1280. The van der Waals surface area contributed by atoms with E-state index in [9.17, 15) is 8.78 Å². The summed E-state index contributed by atoms with van der Waals surface area (Å²) in [6.45, 7) is 2.42. The molecule has 1 saturated heterocycles. The predicted octanol–water partition coefficient (Wildman–Crippen LogP) is 5.30. The molecule has 170 valence electrons. The first-order valence-corrected chi connectivity index (χ1v) is 11.3. The van der Waals surface area contributed by atoms with E-state index in [2.05, 4.69) is 20.6 Å². The Balaban J connectivity index is 1.55. The molecule has 2 N–H and O–H groups in total. The lowest BCUT2D eigenvalue weighted by atomic mass is 10.1. The zero-order valence-corrected chi connectivity index (χ0v) is 19.0. The quantitative estimate of drug-likeness (QED) is 0.385. The van der Waals surface area contributed by atoms with Gasteiger partial charge < -0.3 is 15.2 Å². The van der Waals surface area contributed by atoms with Gasteiger partial charge in [-0.25, -0.2) is 18.7 Å². The second-order valence-corrected chi connectivity index (χ2v) is 8.77. The van der Waals surface area contributed by atoms with Crippen molar-refractivity contribution in [3.05, 3.63) is 69.8 Å². The zero-order valence-electron chi connectivity index (χ0n) is 17.5. The normalized spacial score (nSPS) is 15.9. The number of rotatable bonds is 6. The van der Waals surface area contributed by atoms with E-state index in [1.165, 1.54) is 18.2 Å². The van der Waals surface area contributed by atoms with E-state index in [0.717, 1.165) is 19.5 Å². The molecule has 4 aromatic rings. The first kappa shape index (κ1) is 22.0. The van der Waals surface area contributed by atoms with Crippen LogP contribution >= 0.6 is 23.2 Å². The highest BCUT2D eigenvalue weighted by molar-refractivity contribution is 6.39. The van der Waals surface area contributed by atoms with Crippen LogP contribution in [0.5, 0.6) is 0 Å². The fraction of sp³-hybridized carbons (Fsp3) is 0.261. The molecule has 5 rings (SSSR count). The van der Waals surface area contributed by atoms with Gasteiger partial charge in [0.15, 0.2) is 5.65 Å². The Morgan fingerprint density at radius 2 is 1.79 bits per heavy atom.